The number of aryl methyl sites for hydroxylation is 1. The second-order valence-corrected chi connectivity index (χ2v) is 7.45. The van der Waals surface area contributed by atoms with Gasteiger partial charge in [0.05, 0.1) is 10.6 Å². The van der Waals surface area contributed by atoms with Crippen LogP contribution in [0.1, 0.15) is 26.5 Å². The Morgan fingerprint density at radius 1 is 1.26 bits per heavy atom. The van der Waals surface area contributed by atoms with Crippen molar-refractivity contribution >= 4 is 23.1 Å². The molecule has 0 amide bonds. The first-order valence-corrected chi connectivity index (χ1v) is 8.16. The maximum atomic E-state index is 6.01. The number of hydrogen-bond acceptors (Lipinski definition) is 5. The topological polar surface area (TPSA) is 35.0 Å². The number of nitrogens with zero attached hydrogens (tertiary/aromatic N) is 2. The van der Waals surface area contributed by atoms with Gasteiger partial charge in [0, 0.05) is 12.2 Å². The molecule has 0 aliphatic carbocycles. The molecule has 0 spiro atoms. The van der Waals surface area contributed by atoms with Crippen LogP contribution in [0.4, 0.5) is 0 Å². The minimum absolute atomic E-state index is 0.263. The molecule has 3 rings (SSSR count). The average Bonchev–Trinajstić information content (AvgIpc) is 2.95. The molecule has 5 heteroatoms. The maximum absolute atomic E-state index is 6.01. The third-order valence-corrected chi connectivity index (χ3v) is 4.52. The van der Waals surface area contributed by atoms with Crippen LogP contribution in [0.3, 0.4) is 0 Å². The van der Waals surface area contributed by atoms with Crippen LogP contribution < -0.4 is 4.74 Å². The summed E-state index contributed by atoms with van der Waals surface area (Å²) in [6, 6.07) is 4.10. The standard InChI is InChI=1S/C14H16N2OS2/c1-14(2,3)17-12-11(10-5-4-7-18-10)16-13-9(15-12)6-8-19-13/h4-5,7H,6,8H2,1-3H3. The van der Waals surface area contributed by atoms with Gasteiger partial charge in [0.15, 0.2) is 0 Å². The predicted octanol–water partition coefficient (Wildman–Crippen LogP) is 4.03. The van der Waals surface area contributed by atoms with Gasteiger partial charge in [-0.15, -0.1) is 23.1 Å². The zero-order valence-corrected chi connectivity index (χ0v) is 12.9. The van der Waals surface area contributed by atoms with Crippen molar-refractivity contribution in [1.82, 2.24) is 9.97 Å². The van der Waals surface area contributed by atoms with Crippen LogP contribution in [-0.4, -0.2) is 21.3 Å². The molecular formula is C14H16N2OS2. The zero-order valence-electron chi connectivity index (χ0n) is 11.3. The monoisotopic (exact) mass is 292 g/mol. The van der Waals surface area contributed by atoms with Gasteiger partial charge in [-0.25, -0.2) is 9.97 Å². The molecule has 100 valence electrons. The van der Waals surface area contributed by atoms with E-state index in [9.17, 15) is 0 Å². The van der Waals surface area contributed by atoms with Crippen molar-refractivity contribution in [3.8, 4) is 16.5 Å². The second-order valence-electron chi connectivity index (χ2n) is 5.42. The summed E-state index contributed by atoms with van der Waals surface area (Å²) in [6.07, 6.45) is 0.984. The number of thiophene rings is 1. The van der Waals surface area contributed by atoms with E-state index in [-0.39, 0.29) is 5.60 Å². The lowest BCUT2D eigenvalue weighted by atomic mass is 10.2. The number of aromatic nitrogens is 2. The van der Waals surface area contributed by atoms with Gasteiger partial charge in [0.1, 0.15) is 16.3 Å². The van der Waals surface area contributed by atoms with E-state index in [4.69, 9.17) is 14.7 Å². The van der Waals surface area contributed by atoms with E-state index in [1.165, 1.54) is 0 Å². The Kier molecular flexibility index (Phi) is 3.27. The minimum Gasteiger partial charge on any atom is -0.470 e. The predicted molar refractivity (Wildman–Crippen MR) is 80.2 cm³/mol. The zero-order chi connectivity index (χ0) is 13.5. The van der Waals surface area contributed by atoms with E-state index in [2.05, 4.69) is 11.4 Å². The van der Waals surface area contributed by atoms with Gasteiger partial charge in [0.2, 0.25) is 5.88 Å². The molecular weight excluding hydrogens is 276 g/mol. The van der Waals surface area contributed by atoms with Crippen LogP contribution in [0, 0.1) is 0 Å². The van der Waals surface area contributed by atoms with Gasteiger partial charge in [-0.3, -0.25) is 0 Å². The summed E-state index contributed by atoms with van der Waals surface area (Å²) in [7, 11) is 0. The van der Waals surface area contributed by atoms with E-state index < -0.39 is 0 Å². The van der Waals surface area contributed by atoms with Gasteiger partial charge in [-0.2, -0.15) is 0 Å². The van der Waals surface area contributed by atoms with Crippen molar-refractivity contribution in [2.45, 2.75) is 37.8 Å². The molecule has 0 saturated heterocycles. The van der Waals surface area contributed by atoms with Gasteiger partial charge in [-0.1, -0.05) is 6.07 Å². The van der Waals surface area contributed by atoms with Crippen LogP contribution in [0.2, 0.25) is 0 Å². The van der Waals surface area contributed by atoms with E-state index in [1.807, 2.05) is 26.8 Å². The molecule has 19 heavy (non-hydrogen) atoms. The lowest BCUT2D eigenvalue weighted by molar-refractivity contribution is 0.124. The molecule has 3 nitrogen and oxygen atoms in total. The fourth-order valence-corrected chi connectivity index (χ4v) is 3.56. The largest absolute Gasteiger partial charge is 0.470 e. The molecule has 2 aromatic heterocycles. The molecule has 0 N–H and O–H groups in total. The van der Waals surface area contributed by atoms with Gasteiger partial charge in [-0.05, 0) is 32.2 Å². The van der Waals surface area contributed by atoms with Crippen LogP contribution in [0.15, 0.2) is 22.5 Å². The maximum Gasteiger partial charge on any atom is 0.242 e. The molecule has 0 bridgehead atoms. The quantitative estimate of drug-likeness (QED) is 0.837. The Morgan fingerprint density at radius 2 is 2.11 bits per heavy atom. The Balaban J connectivity index is 2.10. The Bertz CT molecular complexity index is 588. The molecule has 3 heterocycles. The number of fused-ring (bicyclic) bond motifs is 1. The minimum atomic E-state index is -0.263. The van der Waals surface area contributed by atoms with Crippen LogP contribution >= 0.6 is 23.1 Å². The van der Waals surface area contributed by atoms with Gasteiger partial charge in [0.25, 0.3) is 0 Å². The third kappa shape index (κ3) is 2.77. The van der Waals surface area contributed by atoms with Crippen molar-refractivity contribution < 1.29 is 4.74 Å². The van der Waals surface area contributed by atoms with Gasteiger partial charge < -0.3 is 4.74 Å². The Hall–Kier alpha value is -1.07. The highest BCUT2D eigenvalue weighted by Crippen LogP contribution is 2.37. The lowest BCUT2D eigenvalue weighted by Crippen LogP contribution is -2.24. The Morgan fingerprint density at radius 3 is 2.79 bits per heavy atom. The highest BCUT2D eigenvalue weighted by atomic mass is 32.2. The highest BCUT2D eigenvalue weighted by molar-refractivity contribution is 7.99. The van der Waals surface area contributed by atoms with Crippen molar-refractivity contribution in [2.24, 2.45) is 0 Å². The van der Waals surface area contributed by atoms with Crippen LogP contribution in [0.5, 0.6) is 5.88 Å². The van der Waals surface area contributed by atoms with Crippen molar-refractivity contribution in [2.75, 3.05) is 5.75 Å². The molecule has 1 aliphatic rings. The molecule has 0 saturated carbocycles. The molecule has 0 unspecified atom stereocenters. The van der Waals surface area contributed by atoms with Crippen molar-refractivity contribution in [1.29, 1.82) is 0 Å². The molecule has 2 aromatic rings. The first-order chi connectivity index (χ1) is 9.03. The van der Waals surface area contributed by atoms with E-state index in [1.54, 1.807) is 23.1 Å². The third-order valence-electron chi connectivity index (χ3n) is 2.63. The number of hydrogen-bond donors (Lipinski definition) is 0. The van der Waals surface area contributed by atoms with E-state index in [0.29, 0.717) is 5.88 Å². The number of rotatable bonds is 2. The molecule has 0 radical (unpaired) electrons. The van der Waals surface area contributed by atoms with E-state index >= 15 is 0 Å². The summed E-state index contributed by atoms with van der Waals surface area (Å²) in [6.45, 7) is 6.11. The molecule has 1 aliphatic heterocycles. The fourth-order valence-electron chi connectivity index (χ4n) is 1.90. The van der Waals surface area contributed by atoms with Crippen molar-refractivity contribution in [3.05, 3.63) is 23.2 Å². The van der Waals surface area contributed by atoms with Crippen molar-refractivity contribution in [3.63, 3.8) is 0 Å². The highest BCUT2D eigenvalue weighted by Gasteiger charge is 2.24. The van der Waals surface area contributed by atoms with E-state index in [0.717, 1.165) is 33.5 Å². The molecule has 0 atom stereocenters. The number of thioether (sulfide) groups is 1. The summed E-state index contributed by atoms with van der Waals surface area (Å²) >= 11 is 3.45. The summed E-state index contributed by atoms with van der Waals surface area (Å²) < 4.78 is 6.01. The summed E-state index contributed by atoms with van der Waals surface area (Å²) in [5.41, 5.74) is 1.68. The lowest BCUT2D eigenvalue weighted by Gasteiger charge is -2.22. The SMILES string of the molecule is CC(C)(C)Oc1nc2c(nc1-c1cccs1)SCC2. The molecule has 0 aromatic carbocycles. The second kappa shape index (κ2) is 4.80. The van der Waals surface area contributed by atoms with Gasteiger partial charge >= 0.3 is 0 Å². The summed E-state index contributed by atoms with van der Waals surface area (Å²) in [5.74, 6) is 1.73. The summed E-state index contributed by atoms with van der Waals surface area (Å²) in [4.78, 5) is 10.6. The normalized spacial score (nSPS) is 14.5. The number of ether oxygens (including phenoxy) is 1. The Labute approximate surface area is 121 Å². The van der Waals surface area contributed by atoms with Crippen LogP contribution in [-0.2, 0) is 6.42 Å². The molecule has 0 fully saturated rings. The first kappa shape index (κ1) is 12.9. The first-order valence-electron chi connectivity index (χ1n) is 6.29. The smallest absolute Gasteiger partial charge is 0.242 e. The fraction of sp³-hybridized carbons (Fsp3) is 0.429. The van der Waals surface area contributed by atoms with Crippen LogP contribution in [0.25, 0.3) is 10.6 Å². The average molecular weight is 292 g/mol. The summed E-state index contributed by atoms with van der Waals surface area (Å²) in [5, 5.41) is 3.11.